The van der Waals surface area contributed by atoms with Crippen molar-refractivity contribution in [2.75, 3.05) is 0 Å². The van der Waals surface area contributed by atoms with Crippen LogP contribution in [0.15, 0.2) is 47.1 Å². The van der Waals surface area contributed by atoms with Gasteiger partial charge < -0.3 is 19.3 Å². The van der Waals surface area contributed by atoms with E-state index < -0.39 is 48.2 Å². The van der Waals surface area contributed by atoms with Crippen LogP contribution < -0.4 is 0 Å². The van der Waals surface area contributed by atoms with Crippen molar-refractivity contribution in [3.8, 4) is 0 Å². The lowest BCUT2D eigenvalue weighted by Gasteiger charge is -2.29. The molecule has 0 aromatic heterocycles. The second-order valence-electron chi connectivity index (χ2n) is 7.43. The van der Waals surface area contributed by atoms with E-state index in [1.165, 1.54) is 6.92 Å². The van der Waals surface area contributed by atoms with Crippen LogP contribution in [0.2, 0.25) is 0 Å². The summed E-state index contributed by atoms with van der Waals surface area (Å²) in [5, 5.41) is 10.6. The Morgan fingerprint density at radius 2 is 1.86 bits per heavy atom. The zero-order valence-corrected chi connectivity index (χ0v) is 17.4. The van der Waals surface area contributed by atoms with Gasteiger partial charge in [0.2, 0.25) is 0 Å². The predicted molar refractivity (Wildman–Crippen MR) is 106 cm³/mol. The summed E-state index contributed by atoms with van der Waals surface area (Å²) in [5.41, 5.74) is 1.75. The number of rotatable bonds is 3. The maximum atomic E-state index is 12.4. The van der Waals surface area contributed by atoms with Crippen LogP contribution in [0.5, 0.6) is 0 Å². The van der Waals surface area contributed by atoms with Crippen LogP contribution in [0, 0.1) is 5.92 Å². The lowest BCUT2D eigenvalue weighted by Crippen LogP contribution is -2.34. The van der Waals surface area contributed by atoms with Gasteiger partial charge in [-0.15, -0.1) is 0 Å². The van der Waals surface area contributed by atoms with Crippen molar-refractivity contribution in [2.45, 2.75) is 65.5 Å². The molecule has 1 aliphatic carbocycles. The number of hydrogen-bond donors (Lipinski definition) is 1. The Balaban J connectivity index is 2.52. The maximum absolute atomic E-state index is 12.4. The van der Waals surface area contributed by atoms with Crippen molar-refractivity contribution in [2.24, 2.45) is 5.92 Å². The topological polar surface area (TPSA) is 99.1 Å². The molecule has 0 spiro atoms. The Morgan fingerprint density at radius 1 is 1.21 bits per heavy atom. The van der Waals surface area contributed by atoms with Crippen LogP contribution in [0.25, 0.3) is 0 Å². The van der Waals surface area contributed by atoms with Crippen LogP contribution in [0.4, 0.5) is 0 Å². The van der Waals surface area contributed by atoms with E-state index in [0.29, 0.717) is 16.7 Å². The number of carbonyl (C=O) groups excluding carboxylic acids is 3. The molecular weight excluding hydrogens is 376 g/mol. The summed E-state index contributed by atoms with van der Waals surface area (Å²) in [4.78, 5) is 36.1. The molecular formula is C22H28O7. The highest BCUT2D eigenvalue weighted by molar-refractivity contribution is 5.92. The highest BCUT2D eigenvalue weighted by atomic mass is 16.6. The Morgan fingerprint density at radius 3 is 2.45 bits per heavy atom. The number of ether oxygens (including phenoxy) is 3. The minimum absolute atomic E-state index is 0.130. The number of carbonyl (C=O) groups is 3. The average molecular weight is 404 g/mol. The third kappa shape index (κ3) is 5.23. The molecule has 0 bridgehead atoms. The lowest BCUT2D eigenvalue weighted by molar-refractivity contribution is -0.147. The fraction of sp³-hybridized carbons (Fsp3) is 0.500. The van der Waals surface area contributed by atoms with E-state index in [1.807, 2.05) is 0 Å². The number of aliphatic hydroxyl groups excluding tert-OH is 1. The molecule has 158 valence electrons. The van der Waals surface area contributed by atoms with Crippen LogP contribution in [0.1, 0.15) is 41.0 Å². The molecule has 2 aliphatic rings. The number of hydrogen-bond acceptors (Lipinski definition) is 7. The van der Waals surface area contributed by atoms with Crippen molar-refractivity contribution in [3.05, 3.63) is 47.1 Å². The van der Waals surface area contributed by atoms with Gasteiger partial charge in [0.05, 0.1) is 12.0 Å². The molecule has 0 unspecified atom stereocenters. The smallest absolute Gasteiger partial charge is 0.334 e. The molecule has 0 saturated carbocycles. The SMILES string of the molecule is C=C1C(=O)O[C@@H]2/C=C(/C)[C@@H](OC(C)=O)C[C@H](O)/C(C)=C\[C@@H](OC(=O)/C(C)=C\C)[C@H]12. The van der Waals surface area contributed by atoms with Crippen LogP contribution >= 0.6 is 0 Å². The molecule has 2 rings (SSSR count). The molecule has 1 heterocycles. The molecule has 0 aromatic rings. The molecule has 1 saturated heterocycles. The maximum Gasteiger partial charge on any atom is 0.334 e. The van der Waals surface area contributed by atoms with E-state index in [9.17, 15) is 19.5 Å². The van der Waals surface area contributed by atoms with Gasteiger partial charge in [-0.1, -0.05) is 12.7 Å². The lowest BCUT2D eigenvalue weighted by atomic mass is 9.85. The molecule has 5 atom stereocenters. The Labute approximate surface area is 170 Å². The van der Waals surface area contributed by atoms with Crippen LogP contribution in [-0.2, 0) is 28.6 Å². The van der Waals surface area contributed by atoms with Crippen molar-refractivity contribution >= 4 is 17.9 Å². The summed E-state index contributed by atoms with van der Waals surface area (Å²) in [7, 11) is 0. The third-order valence-corrected chi connectivity index (χ3v) is 5.25. The predicted octanol–water partition coefficient (Wildman–Crippen LogP) is 2.55. The zero-order chi connectivity index (χ0) is 21.9. The van der Waals surface area contributed by atoms with E-state index in [1.54, 1.807) is 45.9 Å². The minimum atomic E-state index is -0.936. The Hall–Kier alpha value is -2.67. The fourth-order valence-electron chi connectivity index (χ4n) is 3.33. The monoisotopic (exact) mass is 404 g/mol. The first kappa shape index (κ1) is 22.6. The summed E-state index contributed by atoms with van der Waals surface area (Å²) in [6, 6.07) is 0. The third-order valence-electron chi connectivity index (χ3n) is 5.25. The molecule has 7 heteroatoms. The van der Waals surface area contributed by atoms with Gasteiger partial charge >= 0.3 is 17.9 Å². The molecule has 29 heavy (non-hydrogen) atoms. The fourth-order valence-corrected chi connectivity index (χ4v) is 3.33. The summed E-state index contributed by atoms with van der Waals surface area (Å²) >= 11 is 0. The molecule has 0 amide bonds. The number of aliphatic hydroxyl groups is 1. The first-order valence-electron chi connectivity index (χ1n) is 9.50. The largest absolute Gasteiger partial charge is 0.458 e. The molecule has 1 N–H and O–H groups in total. The van der Waals surface area contributed by atoms with Gasteiger partial charge in [-0.05, 0) is 51.0 Å². The van der Waals surface area contributed by atoms with Gasteiger partial charge in [0.15, 0.2) is 0 Å². The quantitative estimate of drug-likeness (QED) is 0.334. The number of fused-ring (bicyclic) bond motifs is 1. The number of esters is 3. The van der Waals surface area contributed by atoms with Crippen LogP contribution in [0.3, 0.4) is 0 Å². The van der Waals surface area contributed by atoms with Crippen molar-refractivity contribution in [1.82, 2.24) is 0 Å². The summed E-state index contributed by atoms with van der Waals surface area (Å²) < 4.78 is 16.4. The highest BCUT2D eigenvalue weighted by Crippen LogP contribution is 2.36. The normalized spacial score (nSPS) is 34.1. The summed E-state index contributed by atoms with van der Waals surface area (Å²) in [6.45, 7) is 11.9. The minimum Gasteiger partial charge on any atom is -0.458 e. The van der Waals surface area contributed by atoms with Gasteiger partial charge in [0.1, 0.15) is 18.3 Å². The summed E-state index contributed by atoms with van der Waals surface area (Å²) in [6.07, 6.45) is 1.82. The van der Waals surface area contributed by atoms with Gasteiger partial charge in [-0.3, -0.25) is 4.79 Å². The van der Waals surface area contributed by atoms with E-state index in [4.69, 9.17) is 14.2 Å². The highest BCUT2D eigenvalue weighted by Gasteiger charge is 2.44. The van der Waals surface area contributed by atoms with E-state index in [0.717, 1.165) is 0 Å². The van der Waals surface area contributed by atoms with E-state index in [2.05, 4.69) is 6.58 Å². The molecule has 0 radical (unpaired) electrons. The van der Waals surface area contributed by atoms with Crippen molar-refractivity contribution in [3.63, 3.8) is 0 Å². The van der Waals surface area contributed by atoms with Crippen molar-refractivity contribution in [1.29, 1.82) is 0 Å². The van der Waals surface area contributed by atoms with Crippen molar-refractivity contribution < 1.29 is 33.7 Å². The molecule has 1 fully saturated rings. The first-order valence-corrected chi connectivity index (χ1v) is 9.50. The Bertz CT molecular complexity index is 802. The average Bonchev–Trinajstić information content (AvgIpc) is 2.92. The van der Waals surface area contributed by atoms with E-state index >= 15 is 0 Å². The van der Waals surface area contributed by atoms with Gasteiger partial charge in [-0.2, -0.15) is 0 Å². The molecule has 0 aromatic carbocycles. The second kappa shape index (κ2) is 9.22. The van der Waals surface area contributed by atoms with Gasteiger partial charge in [0.25, 0.3) is 0 Å². The van der Waals surface area contributed by atoms with Gasteiger partial charge in [-0.25, -0.2) is 9.59 Å². The second-order valence-corrected chi connectivity index (χ2v) is 7.43. The standard InChI is InChI=1S/C22H28O7/c1-7-11(2)21(25)28-18-8-12(3)16(24)10-17(27-15(6)23)13(4)9-19-20(18)14(5)22(26)29-19/h7-9,16-20,24H,5,10H2,1-4,6H3/b11-7-,12-8-,13-9-/t16-,17-,18+,19+,20-/m0/s1. The number of allylic oxidation sites excluding steroid dienone is 1. The zero-order valence-electron chi connectivity index (χ0n) is 17.4. The van der Waals surface area contributed by atoms with Gasteiger partial charge in [0, 0.05) is 24.5 Å². The van der Waals surface area contributed by atoms with E-state index in [-0.39, 0.29) is 12.0 Å². The molecule has 1 aliphatic heterocycles. The van der Waals surface area contributed by atoms with Crippen LogP contribution in [-0.4, -0.2) is 47.4 Å². The summed E-state index contributed by atoms with van der Waals surface area (Å²) in [5.74, 6) is -2.25. The first-order chi connectivity index (χ1) is 13.5. The Kier molecular flexibility index (Phi) is 7.19. The molecule has 7 nitrogen and oxygen atoms in total.